The van der Waals surface area contributed by atoms with Crippen molar-refractivity contribution >= 4 is 16.6 Å². The third-order valence-corrected chi connectivity index (χ3v) is 4.50. The van der Waals surface area contributed by atoms with Gasteiger partial charge in [-0.15, -0.1) is 0 Å². The molecular weight excluding hydrogens is 330 g/mol. The van der Waals surface area contributed by atoms with Crippen molar-refractivity contribution in [2.75, 3.05) is 13.4 Å². The summed E-state index contributed by atoms with van der Waals surface area (Å²) in [4.78, 5) is 4.38. The van der Waals surface area contributed by atoms with Crippen LogP contribution in [0.3, 0.4) is 0 Å². The summed E-state index contributed by atoms with van der Waals surface area (Å²) in [5, 5.41) is 5.37. The highest BCUT2D eigenvalue weighted by Gasteiger charge is 2.20. The molecule has 0 aliphatic carbocycles. The van der Waals surface area contributed by atoms with E-state index in [0.717, 1.165) is 51.3 Å². The fourth-order valence-corrected chi connectivity index (χ4v) is 3.31. The van der Waals surface area contributed by atoms with Crippen LogP contribution in [0.1, 0.15) is 13.3 Å². The van der Waals surface area contributed by atoms with Crippen LogP contribution < -0.4 is 14.2 Å². The zero-order valence-corrected chi connectivity index (χ0v) is 14.3. The standard InChI is InChI=1S/C20H17N3O3/c1-2-7-24-17-6-4-3-5-13(17)14-9-20-21-11-22-23(20)16-10-19-18(8-15(14)16)25-12-26-19/h3-6,8-11H,2,7,12H2,1H3. The predicted octanol–water partition coefficient (Wildman–Crippen LogP) is 4.07. The topological polar surface area (TPSA) is 57.9 Å². The molecule has 5 rings (SSSR count). The van der Waals surface area contributed by atoms with Crippen LogP contribution in [-0.4, -0.2) is 28.0 Å². The molecule has 6 nitrogen and oxygen atoms in total. The van der Waals surface area contributed by atoms with Crippen molar-refractivity contribution < 1.29 is 14.2 Å². The molecule has 2 aromatic carbocycles. The maximum atomic E-state index is 5.98. The maximum Gasteiger partial charge on any atom is 0.231 e. The minimum absolute atomic E-state index is 0.234. The quantitative estimate of drug-likeness (QED) is 0.557. The molecule has 0 saturated heterocycles. The number of nitrogens with zero attached hydrogens (tertiary/aromatic N) is 3. The summed E-state index contributed by atoms with van der Waals surface area (Å²) >= 11 is 0. The second-order valence-electron chi connectivity index (χ2n) is 6.16. The van der Waals surface area contributed by atoms with E-state index in [-0.39, 0.29) is 6.79 Å². The summed E-state index contributed by atoms with van der Waals surface area (Å²) in [6.45, 7) is 3.01. The zero-order valence-electron chi connectivity index (χ0n) is 14.3. The fraction of sp³-hybridized carbons (Fsp3) is 0.200. The highest BCUT2D eigenvalue weighted by Crippen LogP contribution is 2.41. The molecule has 0 atom stereocenters. The smallest absolute Gasteiger partial charge is 0.231 e. The monoisotopic (exact) mass is 347 g/mol. The van der Waals surface area contributed by atoms with Gasteiger partial charge in [-0.1, -0.05) is 25.1 Å². The Hall–Kier alpha value is -3.28. The lowest BCUT2D eigenvalue weighted by molar-refractivity contribution is 0.174. The molecule has 0 radical (unpaired) electrons. The summed E-state index contributed by atoms with van der Waals surface area (Å²) in [5.41, 5.74) is 3.75. The first-order chi connectivity index (χ1) is 12.8. The van der Waals surface area contributed by atoms with Crippen LogP contribution in [0, 0.1) is 0 Å². The average molecular weight is 347 g/mol. The van der Waals surface area contributed by atoms with Gasteiger partial charge in [-0.2, -0.15) is 5.10 Å². The Labute approximate surface area is 149 Å². The number of ether oxygens (including phenoxy) is 3. The molecule has 1 aliphatic rings. The predicted molar refractivity (Wildman–Crippen MR) is 97.8 cm³/mol. The number of pyridine rings is 1. The summed E-state index contributed by atoms with van der Waals surface area (Å²) in [5.74, 6) is 2.32. The van der Waals surface area contributed by atoms with Gasteiger partial charge >= 0.3 is 0 Å². The van der Waals surface area contributed by atoms with E-state index < -0.39 is 0 Å². The lowest BCUT2D eigenvalue weighted by Crippen LogP contribution is -1.98. The number of hydrogen-bond acceptors (Lipinski definition) is 5. The van der Waals surface area contributed by atoms with E-state index >= 15 is 0 Å². The van der Waals surface area contributed by atoms with E-state index in [9.17, 15) is 0 Å². The van der Waals surface area contributed by atoms with Gasteiger partial charge in [0.25, 0.3) is 0 Å². The molecule has 3 heterocycles. The molecule has 6 heteroatoms. The summed E-state index contributed by atoms with van der Waals surface area (Å²) in [6.07, 6.45) is 2.51. The Kier molecular flexibility index (Phi) is 3.41. The minimum atomic E-state index is 0.234. The number of fused-ring (bicyclic) bond motifs is 4. The SMILES string of the molecule is CCCOc1ccccc1-c1cc2ncnn2c2cc3c(cc12)OCO3. The van der Waals surface area contributed by atoms with Gasteiger partial charge in [-0.05, 0) is 30.2 Å². The zero-order chi connectivity index (χ0) is 17.5. The van der Waals surface area contributed by atoms with Crippen molar-refractivity contribution in [3.8, 4) is 28.4 Å². The molecule has 130 valence electrons. The Morgan fingerprint density at radius 2 is 1.92 bits per heavy atom. The maximum absolute atomic E-state index is 5.98. The van der Waals surface area contributed by atoms with Gasteiger partial charge in [0.2, 0.25) is 6.79 Å². The second kappa shape index (κ2) is 5.91. The number of para-hydroxylation sites is 1. The lowest BCUT2D eigenvalue weighted by Gasteiger charge is -2.14. The highest BCUT2D eigenvalue weighted by atomic mass is 16.7. The number of hydrogen-bond donors (Lipinski definition) is 0. The van der Waals surface area contributed by atoms with E-state index in [1.165, 1.54) is 0 Å². The van der Waals surface area contributed by atoms with Crippen molar-refractivity contribution in [3.05, 3.63) is 48.8 Å². The van der Waals surface area contributed by atoms with E-state index in [1.54, 1.807) is 6.33 Å². The molecule has 26 heavy (non-hydrogen) atoms. The number of rotatable bonds is 4. The molecule has 0 spiro atoms. The number of benzene rings is 2. The molecule has 1 aliphatic heterocycles. The van der Waals surface area contributed by atoms with Gasteiger partial charge in [-0.3, -0.25) is 0 Å². The van der Waals surface area contributed by atoms with E-state index in [2.05, 4.69) is 23.1 Å². The fourth-order valence-electron chi connectivity index (χ4n) is 3.31. The van der Waals surface area contributed by atoms with Gasteiger partial charge in [0.15, 0.2) is 17.1 Å². The van der Waals surface area contributed by atoms with Crippen molar-refractivity contribution in [3.63, 3.8) is 0 Å². The molecule has 4 aromatic rings. The molecule has 2 aromatic heterocycles. The van der Waals surface area contributed by atoms with Crippen molar-refractivity contribution in [2.24, 2.45) is 0 Å². The van der Waals surface area contributed by atoms with Crippen molar-refractivity contribution in [2.45, 2.75) is 13.3 Å². The first kappa shape index (κ1) is 15.0. The van der Waals surface area contributed by atoms with Crippen LogP contribution in [0.5, 0.6) is 17.2 Å². The van der Waals surface area contributed by atoms with Crippen molar-refractivity contribution in [1.29, 1.82) is 0 Å². The van der Waals surface area contributed by atoms with Gasteiger partial charge in [0.1, 0.15) is 12.1 Å². The van der Waals surface area contributed by atoms with Gasteiger partial charge in [-0.25, -0.2) is 9.50 Å². The molecule has 0 N–H and O–H groups in total. The second-order valence-corrected chi connectivity index (χ2v) is 6.16. The van der Waals surface area contributed by atoms with Crippen molar-refractivity contribution in [1.82, 2.24) is 14.6 Å². The lowest BCUT2D eigenvalue weighted by atomic mass is 9.99. The molecule has 0 amide bonds. The first-order valence-corrected chi connectivity index (χ1v) is 8.63. The summed E-state index contributed by atoms with van der Waals surface area (Å²) in [6, 6.07) is 14.1. The van der Waals surface area contributed by atoms with Crippen LogP contribution in [0.2, 0.25) is 0 Å². The normalized spacial score (nSPS) is 12.8. The van der Waals surface area contributed by atoms with Gasteiger partial charge in [0, 0.05) is 17.0 Å². The Bertz CT molecular complexity index is 1120. The Balaban J connectivity index is 1.82. The first-order valence-electron chi connectivity index (χ1n) is 8.63. The van der Waals surface area contributed by atoms with Gasteiger partial charge < -0.3 is 14.2 Å². The largest absolute Gasteiger partial charge is 0.493 e. The van der Waals surface area contributed by atoms with Crippen LogP contribution in [-0.2, 0) is 0 Å². The van der Waals surface area contributed by atoms with Crippen LogP contribution in [0.4, 0.5) is 0 Å². The van der Waals surface area contributed by atoms with Crippen LogP contribution in [0.25, 0.3) is 27.7 Å². The summed E-state index contributed by atoms with van der Waals surface area (Å²) in [7, 11) is 0. The molecule has 0 fully saturated rings. The number of aromatic nitrogens is 3. The van der Waals surface area contributed by atoms with E-state index in [0.29, 0.717) is 6.61 Å². The molecule has 0 unspecified atom stereocenters. The van der Waals surface area contributed by atoms with Gasteiger partial charge in [0.05, 0.1) is 12.1 Å². The summed E-state index contributed by atoms with van der Waals surface area (Å²) < 4.78 is 18.9. The minimum Gasteiger partial charge on any atom is -0.493 e. The molecular formula is C20H17N3O3. The van der Waals surface area contributed by atoms with Crippen LogP contribution >= 0.6 is 0 Å². The highest BCUT2D eigenvalue weighted by molar-refractivity contribution is 6.00. The Morgan fingerprint density at radius 1 is 1.08 bits per heavy atom. The van der Waals surface area contributed by atoms with E-state index in [4.69, 9.17) is 14.2 Å². The molecule has 0 saturated carbocycles. The van der Waals surface area contributed by atoms with E-state index in [1.807, 2.05) is 40.9 Å². The third kappa shape index (κ3) is 2.26. The van der Waals surface area contributed by atoms with Crippen LogP contribution in [0.15, 0.2) is 48.8 Å². The molecule has 0 bridgehead atoms. The Morgan fingerprint density at radius 3 is 2.81 bits per heavy atom. The average Bonchev–Trinajstić information content (AvgIpc) is 3.33. The third-order valence-electron chi connectivity index (χ3n) is 4.50.